The summed E-state index contributed by atoms with van der Waals surface area (Å²) in [6, 6.07) is 12.9. The molecule has 2 nitrogen and oxygen atoms in total. The second-order valence-electron chi connectivity index (χ2n) is 7.36. The molecule has 0 bridgehead atoms. The van der Waals surface area contributed by atoms with Gasteiger partial charge in [0.25, 0.3) is 0 Å². The summed E-state index contributed by atoms with van der Waals surface area (Å²) in [6.45, 7) is 0. The van der Waals surface area contributed by atoms with E-state index in [1.807, 2.05) is 24.3 Å². The predicted molar refractivity (Wildman–Crippen MR) is 98.8 cm³/mol. The SMILES string of the molecule is Oc1ccc(C2=CCCC(Cc3ccc(F)cc3)N2)c(CC2CC2)c1. The molecule has 1 atom stereocenters. The van der Waals surface area contributed by atoms with Gasteiger partial charge < -0.3 is 10.4 Å². The second-order valence-corrected chi connectivity index (χ2v) is 7.36. The fourth-order valence-corrected chi connectivity index (χ4v) is 3.67. The van der Waals surface area contributed by atoms with Gasteiger partial charge in [-0.1, -0.05) is 18.2 Å². The van der Waals surface area contributed by atoms with Gasteiger partial charge in [-0.3, -0.25) is 0 Å². The number of allylic oxidation sites excluding steroid dienone is 1. The highest BCUT2D eigenvalue weighted by Crippen LogP contribution is 2.36. The molecule has 0 spiro atoms. The fourth-order valence-electron chi connectivity index (χ4n) is 3.67. The molecule has 1 aliphatic heterocycles. The van der Waals surface area contributed by atoms with Gasteiger partial charge in [-0.25, -0.2) is 4.39 Å². The third-order valence-corrected chi connectivity index (χ3v) is 5.20. The zero-order valence-electron chi connectivity index (χ0n) is 14.3. The summed E-state index contributed by atoms with van der Waals surface area (Å²) in [5.74, 6) is 0.938. The minimum absolute atomic E-state index is 0.185. The lowest BCUT2D eigenvalue weighted by molar-refractivity contribution is 0.474. The Labute approximate surface area is 148 Å². The molecule has 1 saturated carbocycles. The minimum atomic E-state index is -0.185. The second kappa shape index (κ2) is 6.91. The van der Waals surface area contributed by atoms with E-state index in [0.29, 0.717) is 11.8 Å². The average Bonchev–Trinajstić information content (AvgIpc) is 3.41. The van der Waals surface area contributed by atoms with Crippen LogP contribution in [0.5, 0.6) is 5.75 Å². The Hall–Kier alpha value is -2.29. The van der Waals surface area contributed by atoms with Crippen LogP contribution in [0.25, 0.3) is 5.70 Å². The first-order valence-electron chi connectivity index (χ1n) is 9.21. The van der Waals surface area contributed by atoms with Crippen LogP contribution in [0.2, 0.25) is 0 Å². The minimum Gasteiger partial charge on any atom is -0.508 e. The Morgan fingerprint density at radius 1 is 1.00 bits per heavy atom. The molecule has 0 aromatic heterocycles. The van der Waals surface area contributed by atoms with Crippen molar-refractivity contribution in [2.24, 2.45) is 5.92 Å². The van der Waals surface area contributed by atoms with Gasteiger partial charge in [0, 0.05) is 17.3 Å². The number of rotatable bonds is 5. The Morgan fingerprint density at radius 3 is 2.56 bits per heavy atom. The molecular weight excluding hydrogens is 313 g/mol. The fraction of sp³-hybridized carbons (Fsp3) is 0.364. The van der Waals surface area contributed by atoms with Crippen LogP contribution in [-0.2, 0) is 12.8 Å². The highest BCUT2D eigenvalue weighted by molar-refractivity contribution is 5.68. The number of benzene rings is 2. The van der Waals surface area contributed by atoms with Gasteiger partial charge in [-0.05, 0) is 85.9 Å². The van der Waals surface area contributed by atoms with Crippen molar-refractivity contribution in [1.82, 2.24) is 5.32 Å². The first kappa shape index (κ1) is 16.2. The van der Waals surface area contributed by atoms with Gasteiger partial charge in [0.05, 0.1) is 0 Å². The molecule has 0 saturated heterocycles. The summed E-state index contributed by atoms with van der Waals surface area (Å²) in [5, 5.41) is 13.5. The maximum atomic E-state index is 13.1. The Bertz CT molecular complexity index is 777. The monoisotopic (exact) mass is 337 g/mol. The molecule has 1 heterocycles. The molecule has 0 radical (unpaired) electrons. The van der Waals surface area contributed by atoms with Crippen molar-refractivity contribution in [3.8, 4) is 5.75 Å². The molecule has 0 amide bonds. The molecule has 2 aromatic rings. The summed E-state index contributed by atoms with van der Waals surface area (Å²) in [7, 11) is 0. The third kappa shape index (κ3) is 4.04. The number of phenols is 1. The van der Waals surface area contributed by atoms with E-state index in [2.05, 4.69) is 11.4 Å². The van der Waals surface area contributed by atoms with Crippen molar-refractivity contribution in [1.29, 1.82) is 0 Å². The van der Waals surface area contributed by atoms with Gasteiger partial charge in [0.1, 0.15) is 11.6 Å². The van der Waals surface area contributed by atoms with Crippen LogP contribution in [0, 0.1) is 11.7 Å². The molecule has 1 aliphatic carbocycles. The molecule has 130 valence electrons. The van der Waals surface area contributed by atoms with Crippen molar-refractivity contribution < 1.29 is 9.50 Å². The largest absolute Gasteiger partial charge is 0.508 e. The normalized spacial score (nSPS) is 20.0. The van der Waals surface area contributed by atoms with Gasteiger partial charge in [0.15, 0.2) is 0 Å². The molecule has 25 heavy (non-hydrogen) atoms. The number of aromatic hydroxyl groups is 1. The Balaban J connectivity index is 1.51. The van der Waals surface area contributed by atoms with Crippen LogP contribution < -0.4 is 5.32 Å². The van der Waals surface area contributed by atoms with E-state index < -0.39 is 0 Å². The molecule has 2 N–H and O–H groups in total. The van der Waals surface area contributed by atoms with Gasteiger partial charge >= 0.3 is 0 Å². The average molecular weight is 337 g/mol. The maximum absolute atomic E-state index is 13.1. The Morgan fingerprint density at radius 2 is 1.80 bits per heavy atom. The summed E-state index contributed by atoms with van der Waals surface area (Å²) < 4.78 is 13.1. The molecular formula is C22H24FNO. The van der Waals surface area contributed by atoms with Crippen molar-refractivity contribution in [3.63, 3.8) is 0 Å². The highest BCUT2D eigenvalue weighted by Gasteiger charge is 2.24. The molecule has 2 aliphatic rings. The summed E-state index contributed by atoms with van der Waals surface area (Å²) in [5.41, 5.74) is 4.79. The van der Waals surface area contributed by atoms with Gasteiger partial charge in [-0.2, -0.15) is 0 Å². The first-order chi connectivity index (χ1) is 12.2. The number of nitrogens with one attached hydrogen (secondary N) is 1. The topological polar surface area (TPSA) is 32.3 Å². The maximum Gasteiger partial charge on any atom is 0.123 e. The smallest absolute Gasteiger partial charge is 0.123 e. The van der Waals surface area contributed by atoms with Gasteiger partial charge in [0.2, 0.25) is 0 Å². The van der Waals surface area contributed by atoms with Crippen LogP contribution in [0.3, 0.4) is 0 Å². The van der Waals surface area contributed by atoms with Crippen molar-refractivity contribution >= 4 is 5.70 Å². The first-order valence-corrected chi connectivity index (χ1v) is 9.21. The van der Waals surface area contributed by atoms with Crippen LogP contribution in [0.4, 0.5) is 4.39 Å². The number of phenolic OH excluding ortho intramolecular Hbond substituents is 1. The molecule has 2 aromatic carbocycles. The zero-order chi connectivity index (χ0) is 17.2. The van der Waals surface area contributed by atoms with E-state index in [1.165, 1.54) is 41.8 Å². The van der Waals surface area contributed by atoms with E-state index in [0.717, 1.165) is 37.2 Å². The number of hydrogen-bond acceptors (Lipinski definition) is 2. The van der Waals surface area contributed by atoms with E-state index >= 15 is 0 Å². The predicted octanol–water partition coefficient (Wildman–Crippen LogP) is 4.82. The number of hydrogen-bond donors (Lipinski definition) is 2. The van der Waals surface area contributed by atoms with Crippen LogP contribution in [0.1, 0.15) is 42.4 Å². The molecule has 1 unspecified atom stereocenters. The quantitative estimate of drug-likeness (QED) is 0.820. The molecule has 3 heteroatoms. The van der Waals surface area contributed by atoms with E-state index in [-0.39, 0.29) is 5.82 Å². The van der Waals surface area contributed by atoms with Crippen molar-refractivity contribution in [2.45, 2.75) is 44.6 Å². The molecule has 4 rings (SSSR count). The van der Waals surface area contributed by atoms with Gasteiger partial charge in [-0.15, -0.1) is 0 Å². The Kier molecular flexibility index (Phi) is 4.48. The van der Waals surface area contributed by atoms with Crippen LogP contribution in [-0.4, -0.2) is 11.1 Å². The molecule has 1 fully saturated rings. The van der Waals surface area contributed by atoms with E-state index in [4.69, 9.17) is 0 Å². The zero-order valence-corrected chi connectivity index (χ0v) is 14.3. The van der Waals surface area contributed by atoms with E-state index in [1.54, 1.807) is 6.07 Å². The van der Waals surface area contributed by atoms with Crippen molar-refractivity contribution in [2.75, 3.05) is 0 Å². The standard InChI is InChI=1S/C22H24FNO/c23-18-8-6-16(7-9-18)13-19-2-1-3-22(24-19)21-11-10-20(25)14-17(21)12-15-4-5-15/h3,6-11,14-15,19,24-25H,1-2,4-5,12-13H2. The van der Waals surface area contributed by atoms with Crippen LogP contribution in [0.15, 0.2) is 48.5 Å². The lowest BCUT2D eigenvalue weighted by atomic mass is 9.93. The van der Waals surface area contributed by atoms with Crippen LogP contribution >= 0.6 is 0 Å². The lowest BCUT2D eigenvalue weighted by Crippen LogP contribution is -2.32. The highest BCUT2D eigenvalue weighted by atomic mass is 19.1. The summed E-state index contributed by atoms with van der Waals surface area (Å²) >= 11 is 0. The third-order valence-electron chi connectivity index (χ3n) is 5.20. The summed E-state index contributed by atoms with van der Waals surface area (Å²) in [6.07, 6.45) is 8.93. The van der Waals surface area contributed by atoms with Crippen molar-refractivity contribution in [3.05, 3.63) is 71.0 Å². The summed E-state index contributed by atoms with van der Waals surface area (Å²) in [4.78, 5) is 0. The lowest BCUT2D eigenvalue weighted by Gasteiger charge is -2.27. The van der Waals surface area contributed by atoms with E-state index in [9.17, 15) is 9.50 Å². The number of halogens is 1.